The molecule has 9 heteroatoms. The second-order valence-electron chi connectivity index (χ2n) is 6.68. The van der Waals surface area contributed by atoms with Crippen LogP contribution in [0.5, 0.6) is 5.75 Å². The van der Waals surface area contributed by atoms with Gasteiger partial charge in [0.15, 0.2) is 5.15 Å². The molecule has 0 saturated heterocycles. The van der Waals surface area contributed by atoms with Crippen LogP contribution < -0.4 is 20.9 Å². The number of nitrogens with two attached hydrogens (primary N) is 1. The topological polar surface area (TPSA) is 103 Å². The van der Waals surface area contributed by atoms with E-state index in [1.54, 1.807) is 56.8 Å². The lowest BCUT2D eigenvalue weighted by Gasteiger charge is -2.25. The number of rotatable bonds is 4. The van der Waals surface area contributed by atoms with Crippen LogP contribution in [0, 0.1) is 0 Å². The molecule has 0 bridgehead atoms. The molecular weight excluding hydrogens is 418 g/mol. The van der Waals surface area contributed by atoms with Crippen molar-refractivity contribution in [2.75, 3.05) is 12.0 Å². The molecule has 3 heterocycles. The van der Waals surface area contributed by atoms with Crippen LogP contribution in [-0.4, -0.2) is 27.7 Å². The summed E-state index contributed by atoms with van der Waals surface area (Å²) in [7, 11) is 3.13. The number of ether oxygens (including phenoxy) is 1. The standard InChI is InChI=1S/C22H18ClN5O3/c1-27-20-15(8-4-11-26-20)17(13-6-3-7-14(12-13)31-2)18(21(27)29)28(22(24)30)16-9-5-10-25-19(16)23/h3-12H,1-2H3,(H2,24,30). The van der Waals surface area contributed by atoms with E-state index in [4.69, 9.17) is 22.1 Å². The number of anilines is 2. The summed E-state index contributed by atoms with van der Waals surface area (Å²) < 4.78 is 6.73. The highest BCUT2D eigenvalue weighted by Crippen LogP contribution is 2.39. The summed E-state index contributed by atoms with van der Waals surface area (Å²) in [6, 6.07) is 13.1. The quantitative estimate of drug-likeness (QED) is 0.490. The third-order valence-electron chi connectivity index (χ3n) is 4.90. The van der Waals surface area contributed by atoms with Gasteiger partial charge >= 0.3 is 6.03 Å². The van der Waals surface area contributed by atoms with E-state index in [0.29, 0.717) is 27.9 Å². The highest BCUT2D eigenvalue weighted by atomic mass is 35.5. The fourth-order valence-corrected chi connectivity index (χ4v) is 3.72. The number of pyridine rings is 3. The minimum Gasteiger partial charge on any atom is -0.497 e. The second-order valence-corrected chi connectivity index (χ2v) is 7.04. The van der Waals surface area contributed by atoms with Crippen molar-refractivity contribution < 1.29 is 9.53 Å². The van der Waals surface area contributed by atoms with Crippen molar-refractivity contribution in [3.05, 3.63) is 76.4 Å². The fourth-order valence-electron chi connectivity index (χ4n) is 3.52. The molecule has 0 fully saturated rings. The summed E-state index contributed by atoms with van der Waals surface area (Å²) in [6.07, 6.45) is 3.08. The molecule has 0 spiro atoms. The Kier molecular flexibility index (Phi) is 5.31. The van der Waals surface area contributed by atoms with E-state index in [0.717, 1.165) is 4.90 Å². The number of hydrogen-bond acceptors (Lipinski definition) is 5. The first-order valence-electron chi connectivity index (χ1n) is 9.26. The first-order valence-corrected chi connectivity index (χ1v) is 9.64. The van der Waals surface area contributed by atoms with Gasteiger partial charge in [-0.25, -0.2) is 14.8 Å². The van der Waals surface area contributed by atoms with Crippen LogP contribution in [0.25, 0.3) is 22.2 Å². The first kappa shape index (κ1) is 20.4. The van der Waals surface area contributed by atoms with Gasteiger partial charge in [0, 0.05) is 30.4 Å². The van der Waals surface area contributed by atoms with Crippen LogP contribution in [0.4, 0.5) is 16.2 Å². The number of urea groups is 1. The maximum Gasteiger partial charge on any atom is 0.324 e. The maximum absolute atomic E-state index is 13.5. The molecule has 0 unspecified atom stereocenters. The molecule has 0 aliphatic heterocycles. The van der Waals surface area contributed by atoms with Gasteiger partial charge in [-0.3, -0.25) is 14.3 Å². The number of nitrogens with zero attached hydrogens (tertiary/aromatic N) is 4. The zero-order valence-electron chi connectivity index (χ0n) is 16.7. The molecule has 2 amide bonds. The Bertz CT molecular complexity index is 1370. The molecule has 0 atom stereocenters. The van der Waals surface area contributed by atoms with E-state index in [1.807, 2.05) is 12.1 Å². The molecule has 156 valence electrons. The molecule has 31 heavy (non-hydrogen) atoms. The number of carbonyl (C=O) groups excluding carboxylic acids is 1. The van der Waals surface area contributed by atoms with Gasteiger partial charge < -0.3 is 10.5 Å². The Morgan fingerprint density at radius 3 is 2.58 bits per heavy atom. The first-order chi connectivity index (χ1) is 14.9. The number of hydrogen-bond donors (Lipinski definition) is 1. The van der Waals surface area contributed by atoms with Gasteiger partial charge in [0.1, 0.15) is 17.1 Å². The molecular formula is C22H18ClN5O3. The predicted molar refractivity (Wildman–Crippen MR) is 120 cm³/mol. The van der Waals surface area contributed by atoms with E-state index in [-0.39, 0.29) is 16.5 Å². The Morgan fingerprint density at radius 1 is 1.13 bits per heavy atom. The van der Waals surface area contributed by atoms with Gasteiger partial charge in [-0.1, -0.05) is 23.7 Å². The number of aryl methyl sites for hydroxylation is 1. The molecule has 1 aromatic carbocycles. The van der Waals surface area contributed by atoms with Crippen LogP contribution >= 0.6 is 11.6 Å². The van der Waals surface area contributed by atoms with E-state index < -0.39 is 11.6 Å². The van der Waals surface area contributed by atoms with Crippen LogP contribution in [0.15, 0.2) is 65.7 Å². The van der Waals surface area contributed by atoms with Crippen molar-refractivity contribution >= 4 is 40.0 Å². The van der Waals surface area contributed by atoms with Gasteiger partial charge in [-0.15, -0.1) is 0 Å². The highest BCUT2D eigenvalue weighted by molar-refractivity contribution is 6.33. The fraction of sp³-hybridized carbons (Fsp3) is 0.0909. The van der Waals surface area contributed by atoms with Crippen molar-refractivity contribution in [2.24, 2.45) is 12.8 Å². The Balaban J connectivity index is 2.19. The molecule has 0 aliphatic carbocycles. The van der Waals surface area contributed by atoms with Gasteiger partial charge in [0.2, 0.25) is 0 Å². The minimum absolute atomic E-state index is 0.0335. The monoisotopic (exact) mass is 435 g/mol. The summed E-state index contributed by atoms with van der Waals surface area (Å²) in [4.78, 5) is 35.6. The molecule has 4 aromatic rings. The number of methoxy groups -OCH3 is 1. The third-order valence-corrected chi connectivity index (χ3v) is 5.19. The van der Waals surface area contributed by atoms with Gasteiger partial charge in [-0.2, -0.15) is 0 Å². The Hall–Kier alpha value is -3.91. The lowest BCUT2D eigenvalue weighted by atomic mass is 9.99. The molecule has 2 N–H and O–H groups in total. The number of aromatic nitrogens is 3. The van der Waals surface area contributed by atoms with Crippen molar-refractivity contribution in [1.29, 1.82) is 0 Å². The van der Waals surface area contributed by atoms with Crippen LogP contribution in [0.2, 0.25) is 5.15 Å². The predicted octanol–water partition coefficient (Wildman–Crippen LogP) is 3.87. The zero-order chi connectivity index (χ0) is 22.1. The molecule has 4 rings (SSSR count). The Morgan fingerprint density at radius 2 is 1.87 bits per heavy atom. The molecule has 0 radical (unpaired) electrons. The van der Waals surface area contributed by atoms with Crippen molar-refractivity contribution in [1.82, 2.24) is 14.5 Å². The van der Waals surface area contributed by atoms with Crippen LogP contribution in [-0.2, 0) is 7.05 Å². The van der Waals surface area contributed by atoms with E-state index in [2.05, 4.69) is 9.97 Å². The normalized spacial score (nSPS) is 10.8. The number of benzene rings is 1. The van der Waals surface area contributed by atoms with Crippen molar-refractivity contribution in [3.8, 4) is 16.9 Å². The van der Waals surface area contributed by atoms with Gasteiger partial charge in [-0.05, 0) is 42.0 Å². The lowest BCUT2D eigenvalue weighted by Crippen LogP contribution is -2.37. The van der Waals surface area contributed by atoms with E-state index in [9.17, 15) is 9.59 Å². The zero-order valence-corrected chi connectivity index (χ0v) is 17.5. The number of amides is 2. The number of fused-ring (bicyclic) bond motifs is 1. The van der Waals surface area contributed by atoms with E-state index in [1.165, 1.54) is 10.8 Å². The summed E-state index contributed by atoms with van der Waals surface area (Å²) in [5.74, 6) is 0.589. The summed E-state index contributed by atoms with van der Waals surface area (Å²) in [6.45, 7) is 0. The van der Waals surface area contributed by atoms with Crippen molar-refractivity contribution in [3.63, 3.8) is 0 Å². The molecule has 0 saturated carbocycles. The molecule has 3 aromatic heterocycles. The van der Waals surface area contributed by atoms with Crippen molar-refractivity contribution in [2.45, 2.75) is 0 Å². The van der Waals surface area contributed by atoms with Gasteiger partial charge in [0.05, 0.1) is 12.8 Å². The summed E-state index contributed by atoms with van der Waals surface area (Å²) in [5.41, 5.74) is 7.09. The SMILES string of the molecule is COc1cccc(-c2c(N(C(N)=O)c3cccnc3Cl)c(=O)n(C)c3ncccc23)c1. The average molecular weight is 436 g/mol. The summed E-state index contributed by atoms with van der Waals surface area (Å²) in [5, 5.41) is 0.686. The maximum atomic E-state index is 13.5. The lowest BCUT2D eigenvalue weighted by molar-refractivity contribution is 0.256. The largest absolute Gasteiger partial charge is 0.497 e. The Labute approximate surface area is 182 Å². The highest BCUT2D eigenvalue weighted by Gasteiger charge is 2.28. The molecule has 0 aliphatic rings. The number of halogens is 1. The average Bonchev–Trinajstić information content (AvgIpc) is 2.78. The number of carbonyl (C=O) groups is 1. The van der Waals surface area contributed by atoms with Crippen LogP contribution in [0.3, 0.4) is 0 Å². The molecule has 8 nitrogen and oxygen atoms in total. The number of primary amides is 1. The smallest absolute Gasteiger partial charge is 0.324 e. The van der Waals surface area contributed by atoms with Crippen LogP contribution in [0.1, 0.15) is 0 Å². The summed E-state index contributed by atoms with van der Waals surface area (Å²) >= 11 is 6.27. The minimum atomic E-state index is -0.876. The third kappa shape index (κ3) is 3.47. The van der Waals surface area contributed by atoms with Gasteiger partial charge in [0.25, 0.3) is 5.56 Å². The van der Waals surface area contributed by atoms with E-state index >= 15 is 0 Å². The second kappa shape index (κ2) is 8.08.